The van der Waals surface area contributed by atoms with Crippen LogP contribution in [0.25, 0.3) is 0 Å². The van der Waals surface area contributed by atoms with E-state index in [1.807, 2.05) is 13.0 Å². The zero-order valence-electron chi connectivity index (χ0n) is 18.5. The SMILES string of the molecule is Cc1ccc(C)c(C(=O)N[C@@H](c2ccc(CCC3CC3)cc2)C2C[C@@H]3CC[C@H]2C3)c1. The van der Waals surface area contributed by atoms with Gasteiger partial charge >= 0.3 is 0 Å². The van der Waals surface area contributed by atoms with Crippen molar-refractivity contribution < 1.29 is 4.79 Å². The van der Waals surface area contributed by atoms with Crippen molar-refractivity contribution in [2.75, 3.05) is 0 Å². The van der Waals surface area contributed by atoms with Crippen molar-refractivity contribution in [2.24, 2.45) is 23.7 Å². The molecular weight excluding hydrogens is 366 g/mol. The highest BCUT2D eigenvalue weighted by molar-refractivity contribution is 5.96. The van der Waals surface area contributed by atoms with Crippen LogP contribution >= 0.6 is 0 Å². The second kappa shape index (κ2) is 8.21. The third kappa shape index (κ3) is 4.19. The number of benzene rings is 2. The molecule has 3 fully saturated rings. The van der Waals surface area contributed by atoms with E-state index in [2.05, 4.69) is 48.6 Å². The van der Waals surface area contributed by atoms with Crippen molar-refractivity contribution in [1.82, 2.24) is 5.32 Å². The lowest BCUT2D eigenvalue weighted by molar-refractivity contribution is 0.0907. The molecule has 1 unspecified atom stereocenters. The predicted octanol–water partition coefficient (Wildman–Crippen LogP) is 6.55. The summed E-state index contributed by atoms with van der Waals surface area (Å²) < 4.78 is 0. The van der Waals surface area contributed by atoms with Gasteiger partial charge in [0.2, 0.25) is 0 Å². The first kappa shape index (κ1) is 19.8. The van der Waals surface area contributed by atoms with Crippen molar-refractivity contribution >= 4 is 5.91 Å². The van der Waals surface area contributed by atoms with Gasteiger partial charge in [0.1, 0.15) is 0 Å². The van der Waals surface area contributed by atoms with Crippen LogP contribution in [0.5, 0.6) is 0 Å². The van der Waals surface area contributed by atoms with Crippen LogP contribution in [-0.4, -0.2) is 5.91 Å². The summed E-state index contributed by atoms with van der Waals surface area (Å²) in [5.41, 5.74) is 5.76. The van der Waals surface area contributed by atoms with Gasteiger partial charge in [0.05, 0.1) is 6.04 Å². The lowest BCUT2D eigenvalue weighted by atomic mass is 9.80. The molecule has 2 heteroatoms. The quantitative estimate of drug-likeness (QED) is 0.560. The fourth-order valence-corrected chi connectivity index (χ4v) is 6.01. The van der Waals surface area contributed by atoms with Crippen molar-refractivity contribution in [1.29, 1.82) is 0 Å². The molecule has 2 aromatic rings. The van der Waals surface area contributed by atoms with Gasteiger partial charge in [-0.25, -0.2) is 0 Å². The van der Waals surface area contributed by atoms with Crippen molar-refractivity contribution in [3.63, 3.8) is 0 Å². The Balaban J connectivity index is 1.37. The van der Waals surface area contributed by atoms with E-state index >= 15 is 0 Å². The van der Waals surface area contributed by atoms with Crippen molar-refractivity contribution in [3.8, 4) is 0 Å². The maximum Gasteiger partial charge on any atom is 0.252 e. The van der Waals surface area contributed by atoms with Crippen molar-refractivity contribution in [2.45, 2.75) is 71.3 Å². The average molecular weight is 402 g/mol. The molecule has 0 aliphatic heterocycles. The molecule has 3 aliphatic rings. The number of carbonyl (C=O) groups is 1. The molecule has 4 atom stereocenters. The Morgan fingerprint density at radius 2 is 1.80 bits per heavy atom. The molecular formula is C28H35NO. The van der Waals surface area contributed by atoms with Crippen LogP contribution in [0.4, 0.5) is 0 Å². The fraction of sp³-hybridized carbons (Fsp3) is 0.536. The molecule has 0 spiro atoms. The minimum atomic E-state index is 0.0850. The molecule has 2 bridgehead atoms. The average Bonchev–Trinajstić information content (AvgIpc) is 3.35. The third-order valence-electron chi connectivity index (χ3n) is 8.02. The Bertz CT molecular complexity index is 911. The van der Waals surface area contributed by atoms with Gasteiger partial charge in [-0.15, -0.1) is 0 Å². The van der Waals surface area contributed by atoms with Crippen LogP contribution in [0, 0.1) is 37.5 Å². The topological polar surface area (TPSA) is 29.1 Å². The van der Waals surface area contributed by atoms with E-state index in [4.69, 9.17) is 0 Å². The Morgan fingerprint density at radius 1 is 1.00 bits per heavy atom. The van der Waals surface area contributed by atoms with E-state index in [1.54, 1.807) is 0 Å². The van der Waals surface area contributed by atoms with Crippen molar-refractivity contribution in [3.05, 3.63) is 70.3 Å². The smallest absolute Gasteiger partial charge is 0.252 e. The zero-order valence-corrected chi connectivity index (χ0v) is 18.5. The van der Waals surface area contributed by atoms with Gasteiger partial charge in [0.25, 0.3) is 5.91 Å². The largest absolute Gasteiger partial charge is 0.345 e. The summed E-state index contributed by atoms with van der Waals surface area (Å²) in [5, 5.41) is 3.49. The van der Waals surface area contributed by atoms with Gasteiger partial charge in [0, 0.05) is 5.56 Å². The molecule has 1 amide bonds. The first-order valence-electron chi connectivity index (χ1n) is 12.0. The maximum atomic E-state index is 13.3. The van der Waals surface area contributed by atoms with Gasteiger partial charge in [0.15, 0.2) is 0 Å². The minimum Gasteiger partial charge on any atom is -0.345 e. The van der Waals surface area contributed by atoms with Crippen LogP contribution in [0.2, 0.25) is 0 Å². The zero-order chi connectivity index (χ0) is 20.7. The van der Waals surface area contributed by atoms with Crippen LogP contribution in [0.15, 0.2) is 42.5 Å². The van der Waals surface area contributed by atoms with Gasteiger partial charge in [-0.05, 0) is 92.4 Å². The number of rotatable bonds is 7. The molecule has 2 nitrogen and oxygen atoms in total. The number of fused-ring (bicyclic) bond motifs is 2. The second-order valence-electron chi connectivity index (χ2n) is 10.3. The lowest BCUT2D eigenvalue weighted by Crippen LogP contribution is -2.36. The Kier molecular flexibility index (Phi) is 5.43. The second-order valence-corrected chi connectivity index (χ2v) is 10.3. The van der Waals surface area contributed by atoms with Gasteiger partial charge in [-0.1, -0.05) is 61.2 Å². The molecule has 158 valence electrons. The van der Waals surface area contributed by atoms with Crippen LogP contribution in [-0.2, 0) is 6.42 Å². The minimum absolute atomic E-state index is 0.0850. The Hall–Kier alpha value is -2.09. The molecule has 2 aromatic carbocycles. The summed E-state index contributed by atoms with van der Waals surface area (Å²) in [6.45, 7) is 4.10. The number of amides is 1. The molecule has 3 aliphatic carbocycles. The molecule has 0 heterocycles. The van der Waals surface area contributed by atoms with Crippen LogP contribution in [0.3, 0.4) is 0 Å². The van der Waals surface area contributed by atoms with E-state index < -0.39 is 0 Å². The third-order valence-corrected chi connectivity index (χ3v) is 8.02. The molecule has 5 rings (SSSR count). The van der Waals surface area contributed by atoms with E-state index in [0.717, 1.165) is 34.4 Å². The Labute approximate surface area is 181 Å². The number of nitrogens with one attached hydrogen (secondary N) is 1. The van der Waals surface area contributed by atoms with Gasteiger partial charge in [-0.3, -0.25) is 4.79 Å². The summed E-state index contributed by atoms with van der Waals surface area (Å²) in [4.78, 5) is 13.3. The highest BCUT2D eigenvalue weighted by atomic mass is 16.1. The van der Waals surface area contributed by atoms with Gasteiger partial charge < -0.3 is 5.32 Å². The number of aryl methyl sites for hydroxylation is 3. The predicted molar refractivity (Wildman–Crippen MR) is 123 cm³/mol. The summed E-state index contributed by atoms with van der Waals surface area (Å²) in [7, 11) is 0. The van der Waals surface area contributed by atoms with E-state index in [0.29, 0.717) is 5.92 Å². The summed E-state index contributed by atoms with van der Waals surface area (Å²) in [6.07, 6.45) is 10.7. The molecule has 30 heavy (non-hydrogen) atoms. The number of hydrogen-bond donors (Lipinski definition) is 1. The van der Waals surface area contributed by atoms with E-state index in [9.17, 15) is 4.79 Å². The van der Waals surface area contributed by atoms with E-state index in [1.165, 1.54) is 62.5 Å². The normalized spacial score (nSPS) is 26.0. The van der Waals surface area contributed by atoms with E-state index in [-0.39, 0.29) is 11.9 Å². The Morgan fingerprint density at radius 3 is 2.47 bits per heavy atom. The highest BCUT2D eigenvalue weighted by Gasteiger charge is 2.44. The van der Waals surface area contributed by atoms with Crippen LogP contribution in [0.1, 0.15) is 83.6 Å². The number of carbonyl (C=O) groups excluding carboxylic acids is 1. The molecule has 0 radical (unpaired) electrons. The summed E-state index contributed by atoms with van der Waals surface area (Å²) >= 11 is 0. The fourth-order valence-electron chi connectivity index (χ4n) is 6.01. The standard InChI is InChI=1S/C28H35NO/c1-18-3-4-19(2)25(15-18)28(30)29-27(26-17-22-11-14-24(26)16-22)23-12-9-21(10-13-23)8-7-20-5-6-20/h3-4,9-10,12-13,15,20,22,24,26-27H,5-8,11,14,16-17H2,1-2H3,(H,29,30)/t22-,24+,26?,27+/m1/s1. The van der Waals surface area contributed by atoms with Gasteiger partial charge in [-0.2, -0.15) is 0 Å². The first-order valence-corrected chi connectivity index (χ1v) is 12.0. The summed E-state index contributed by atoms with van der Waals surface area (Å²) in [6, 6.07) is 15.5. The molecule has 3 saturated carbocycles. The molecule has 0 saturated heterocycles. The first-order chi connectivity index (χ1) is 14.6. The summed E-state index contributed by atoms with van der Waals surface area (Å²) in [5.74, 6) is 3.28. The number of hydrogen-bond acceptors (Lipinski definition) is 1. The monoisotopic (exact) mass is 401 g/mol. The highest BCUT2D eigenvalue weighted by Crippen LogP contribution is 2.52. The molecule has 0 aromatic heterocycles. The lowest BCUT2D eigenvalue weighted by Gasteiger charge is -2.32. The van der Waals surface area contributed by atoms with Crippen LogP contribution < -0.4 is 5.32 Å². The molecule has 1 N–H and O–H groups in total. The maximum absolute atomic E-state index is 13.3.